The first-order valence-corrected chi connectivity index (χ1v) is 5.32. The molecular formula is C11H17N3O3. The number of para-hydroxylation sites is 1. The first kappa shape index (κ1) is 13.6. The molecular weight excluding hydrogens is 222 g/mol. The third-order valence-electron chi connectivity index (χ3n) is 1.90. The normalized spacial score (nSPS) is 10.0. The zero-order valence-electron chi connectivity index (χ0n) is 9.80. The van der Waals surface area contributed by atoms with E-state index in [1.54, 1.807) is 7.11 Å². The number of ether oxygens (including phenoxy) is 2. The average Bonchev–Trinajstić information content (AvgIpc) is 2.84. The molecule has 1 aromatic heterocycles. The molecule has 2 rings (SSSR count). The summed E-state index contributed by atoms with van der Waals surface area (Å²) in [7, 11) is 1.61. The molecule has 17 heavy (non-hydrogen) atoms. The fourth-order valence-corrected chi connectivity index (χ4v) is 1.10. The van der Waals surface area contributed by atoms with Gasteiger partial charge in [0.25, 0.3) is 0 Å². The van der Waals surface area contributed by atoms with Crippen molar-refractivity contribution < 1.29 is 14.6 Å². The van der Waals surface area contributed by atoms with Crippen molar-refractivity contribution in [1.29, 1.82) is 0 Å². The van der Waals surface area contributed by atoms with Crippen LogP contribution in [0, 0.1) is 0 Å². The van der Waals surface area contributed by atoms with Crippen molar-refractivity contribution in [3.63, 3.8) is 0 Å². The molecule has 0 saturated heterocycles. The fourth-order valence-electron chi connectivity index (χ4n) is 1.10. The van der Waals surface area contributed by atoms with Crippen molar-refractivity contribution in [2.75, 3.05) is 33.5 Å². The molecule has 0 atom stereocenters. The Bertz CT molecular complexity index is 369. The lowest BCUT2D eigenvalue weighted by Crippen LogP contribution is -2.05. The summed E-state index contributed by atoms with van der Waals surface area (Å²) in [6.45, 7) is 1.66. The second-order valence-corrected chi connectivity index (χ2v) is 3.16. The zero-order chi connectivity index (χ0) is 12.3. The van der Waals surface area contributed by atoms with Gasteiger partial charge < -0.3 is 14.6 Å². The molecule has 0 fully saturated rings. The highest BCUT2D eigenvalue weighted by molar-refractivity contribution is 5.72. The van der Waals surface area contributed by atoms with Crippen LogP contribution in [0.2, 0.25) is 0 Å². The second-order valence-electron chi connectivity index (χ2n) is 3.16. The minimum atomic E-state index is 0.0870. The van der Waals surface area contributed by atoms with Gasteiger partial charge in [-0.15, -0.1) is 5.10 Å². The lowest BCUT2D eigenvalue weighted by atomic mass is 10.3. The molecule has 1 aromatic carbocycles. The number of rotatable bonds is 5. The molecule has 0 aliphatic heterocycles. The van der Waals surface area contributed by atoms with E-state index < -0.39 is 0 Å². The van der Waals surface area contributed by atoms with Crippen LogP contribution in [0.4, 0.5) is 0 Å². The van der Waals surface area contributed by atoms with Gasteiger partial charge in [0, 0.05) is 7.11 Å². The number of nitrogens with zero attached hydrogens (tertiary/aromatic N) is 2. The van der Waals surface area contributed by atoms with Crippen LogP contribution in [0.15, 0.2) is 24.3 Å². The van der Waals surface area contributed by atoms with Crippen LogP contribution in [0.3, 0.4) is 0 Å². The number of nitrogens with one attached hydrogen (secondary N) is 1. The van der Waals surface area contributed by atoms with Gasteiger partial charge in [-0.25, -0.2) is 0 Å². The van der Waals surface area contributed by atoms with Crippen molar-refractivity contribution in [3.8, 4) is 0 Å². The zero-order valence-corrected chi connectivity index (χ0v) is 9.80. The van der Waals surface area contributed by atoms with Gasteiger partial charge in [0.1, 0.15) is 5.52 Å². The Morgan fingerprint density at radius 3 is 2.76 bits per heavy atom. The molecule has 0 radical (unpaired) electrons. The van der Waals surface area contributed by atoms with Gasteiger partial charge in [0.15, 0.2) is 0 Å². The number of methoxy groups -OCH3 is 1. The number of aromatic amines is 1. The predicted octanol–water partition coefficient (Wildman–Crippen LogP) is 0.600. The van der Waals surface area contributed by atoms with Gasteiger partial charge in [-0.05, 0) is 12.1 Å². The summed E-state index contributed by atoms with van der Waals surface area (Å²) in [5.74, 6) is 0. The summed E-state index contributed by atoms with van der Waals surface area (Å²) >= 11 is 0. The van der Waals surface area contributed by atoms with Crippen LogP contribution in [0.1, 0.15) is 0 Å². The molecule has 0 spiro atoms. The highest BCUT2D eigenvalue weighted by Crippen LogP contribution is 2.03. The van der Waals surface area contributed by atoms with Gasteiger partial charge in [0.05, 0.1) is 31.9 Å². The molecule has 6 nitrogen and oxygen atoms in total. The van der Waals surface area contributed by atoms with Gasteiger partial charge in [-0.3, -0.25) is 5.10 Å². The Morgan fingerprint density at radius 1 is 1.24 bits per heavy atom. The van der Waals surface area contributed by atoms with Crippen LogP contribution in [-0.2, 0) is 9.47 Å². The maximum atomic E-state index is 8.20. The maximum absolute atomic E-state index is 8.20. The van der Waals surface area contributed by atoms with Gasteiger partial charge in [-0.2, -0.15) is 0 Å². The standard InChI is InChI=1S/C6H5N3.C5H12O3/c1-2-4-6-5(3-1)7-9-8-6;1-7-4-5-8-3-2-6/h1-4H,(H,7,8,9);6H,2-5H2,1H3. The molecule has 94 valence electrons. The van der Waals surface area contributed by atoms with E-state index in [0.29, 0.717) is 19.8 Å². The summed E-state index contributed by atoms with van der Waals surface area (Å²) in [5.41, 5.74) is 1.90. The molecule has 1 heterocycles. The number of hydrogen-bond donors (Lipinski definition) is 2. The lowest BCUT2D eigenvalue weighted by Gasteiger charge is -1.98. The van der Waals surface area contributed by atoms with E-state index in [9.17, 15) is 0 Å². The Morgan fingerprint density at radius 2 is 2.06 bits per heavy atom. The minimum absolute atomic E-state index is 0.0870. The number of aliphatic hydroxyl groups excluding tert-OH is 1. The van der Waals surface area contributed by atoms with Crippen LogP contribution < -0.4 is 0 Å². The number of hydrogen-bond acceptors (Lipinski definition) is 5. The van der Waals surface area contributed by atoms with E-state index in [-0.39, 0.29) is 6.61 Å². The fraction of sp³-hybridized carbons (Fsp3) is 0.455. The first-order valence-electron chi connectivity index (χ1n) is 5.32. The van der Waals surface area contributed by atoms with Crippen molar-refractivity contribution in [1.82, 2.24) is 15.4 Å². The Hall–Kier alpha value is -1.50. The van der Waals surface area contributed by atoms with E-state index >= 15 is 0 Å². The van der Waals surface area contributed by atoms with Crippen LogP contribution in [0.25, 0.3) is 11.0 Å². The van der Waals surface area contributed by atoms with Crippen molar-refractivity contribution in [3.05, 3.63) is 24.3 Å². The molecule has 0 saturated carbocycles. The number of aliphatic hydroxyl groups is 1. The molecule has 2 N–H and O–H groups in total. The van der Waals surface area contributed by atoms with Crippen LogP contribution >= 0.6 is 0 Å². The molecule has 0 amide bonds. The van der Waals surface area contributed by atoms with Crippen LogP contribution in [-0.4, -0.2) is 54.1 Å². The van der Waals surface area contributed by atoms with Crippen LogP contribution in [0.5, 0.6) is 0 Å². The molecule has 0 aliphatic carbocycles. The number of H-pyrrole nitrogens is 1. The SMILES string of the molecule is COCCOCCO.c1ccc2[nH]nnc2c1. The minimum Gasteiger partial charge on any atom is -0.394 e. The van der Waals surface area contributed by atoms with Gasteiger partial charge >= 0.3 is 0 Å². The topological polar surface area (TPSA) is 80.3 Å². The number of fused-ring (bicyclic) bond motifs is 1. The van der Waals surface area contributed by atoms with Crippen molar-refractivity contribution >= 4 is 11.0 Å². The van der Waals surface area contributed by atoms with E-state index in [1.807, 2.05) is 24.3 Å². The molecule has 0 unspecified atom stereocenters. The van der Waals surface area contributed by atoms with Crippen molar-refractivity contribution in [2.24, 2.45) is 0 Å². The predicted molar refractivity (Wildman–Crippen MR) is 63.7 cm³/mol. The highest BCUT2D eigenvalue weighted by atomic mass is 16.5. The summed E-state index contributed by atoms with van der Waals surface area (Å²) < 4.78 is 9.53. The summed E-state index contributed by atoms with van der Waals surface area (Å²) in [5, 5.41) is 18.4. The molecule has 0 aliphatic rings. The highest BCUT2D eigenvalue weighted by Gasteiger charge is 1.90. The first-order chi connectivity index (χ1) is 8.38. The number of benzene rings is 1. The third-order valence-corrected chi connectivity index (χ3v) is 1.90. The van der Waals surface area contributed by atoms with Gasteiger partial charge in [0.2, 0.25) is 0 Å². The largest absolute Gasteiger partial charge is 0.394 e. The number of aromatic nitrogens is 3. The Labute approximate surface area is 99.6 Å². The van der Waals surface area contributed by atoms with E-state index in [2.05, 4.69) is 20.1 Å². The summed E-state index contributed by atoms with van der Waals surface area (Å²) in [6, 6.07) is 7.74. The molecule has 2 aromatic rings. The average molecular weight is 239 g/mol. The summed E-state index contributed by atoms with van der Waals surface area (Å²) in [4.78, 5) is 0. The van der Waals surface area contributed by atoms with Gasteiger partial charge in [-0.1, -0.05) is 17.3 Å². The Kier molecular flexibility index (Phi) is 6.89. The van der Waals surface area contributed by atoms with E-state index in [4.69, 9.17) is 9.84 Å². The smallest absolute Gasteiger partial charge is 0.112 e. The second kappa shape index (κ2) is 8.63. The molecule has 6 heteroatoms. The van der Waals surface area contributed by atoms with E-state index in [1.165, 1.54) is 0 Å². The third kappa shape index (κ3) is 5.39. The van der Waals surface area contributed by atoms with E-state index in [0.717, 1.165) is 11.0 Å². The summed E-state index contributed by atoms with van der Waals surface area (Å²) in [6.07, 6.45) is 0. The monoisotopic (exact) mass is 239 g/mol. The molecule has 0 bridgehead atoms. The quantitative estimate of drug-likeness (QED) is 0.747. The Balaban J connectivity index is 0.000000172. The van der Waals surface area contributed by atoms with Crippen molar-refractivity contribution in [2.45, 2.75) is 0 Å². The lowest BCUT2D eigenvalue weighted by molar-refractivity contribution is 0.0500. The maximum Gasteiger partial charge on any atom is 0.112 e.